The predicted molar refractivity (Wildman–Crippen MR) is 115 cm³/mol. The van der Waals surface area contributed by atoms with Crippen molar-refractivity contribution >= 4 is 5.91 Å². The second-order valence-corrected chi connectivity index (χ2v) is 7.80. The second-order valence-electron chi connectivity index (χ2n) is 7.80. The van der Waals surface area contributed by atoms with Crippen LogP contribution in [0.15, 0.2) is 54.9 Å². The second kappa shape index (κ2) is 8.53. The van der Waals surface area contributed by atoms with Crippen molar-refractivity contribution in [2.24, 2.45) is 0 Å². The molecule has 2 saturated heterocycles. The van der Waals surface area contributed by atoms with Gasteiger partial charge in [0, 0.05) is 29.4 Å². The molecule has 31 heavy (non-hydrogen) atoms. The van der Waals surface area contributed by atoms with Crippen LogP contribution < -0.4 is 4.74 Å². The lowest BCUT2D eigenvalue weighted by Gasteiger charge is -2.26. The number of nitrogens with one attached hydrogen (secondary N) is 1. The highest BCUT2D eigenvalue weighted by Crippen LogP contribution is 2.37. The van der Waals surface area contributed by atoms with Gasteiger partial charge < -0.3 is 19.1 Å². The Morgan fingerprint density at radius 2 is 2.06 bits per heavy atom. The minimum atomic E-state index is -0.481. The van der Waals surface area contributed by atoms with Crippen LogP contribution in [0.3, 0.4) is 0 Å². The number of carbonyl (C=O) groups excluding carboxylic acids is 1. The molecule has 160 valence electrons. The van der Waals surface area contributed by atoms with E-state index in [0.29, 0.717) is 18.8 Å². The summed E-state index contributed by atoms with van der Waals surface area (Å²) < 4.78 is 16.9. The van der Waals surface area contributed by atoms with Gasteiger partial charge in [0.05, 0.1) is 32.6 Å². The Kier molecular flexibility index (Phi) is 5.44. The number of benzene rings is 2. The molecule has 7 heteroatoms. The van der Waals surface area contributed by atoms with Gasteiger partial charge in [-0.3, -0.25) is 9.89 Å². The molecule has 2 fully saturated rings. The van der Waals surface area contributed by atoms with E-state index in [2.05, 4.69) is 16.3 Å². The van der Waals surface area contributed by atoms with Gasteiger partial charge in [0.15, 0.2) is 6.29 Å². The van der Waals surface area contributed by atoms with Gasteiger partial charge in [0.25, 0.3) is 5.91 Å². The minimum absolute atomic E-state index is 0.0170. The summed E-state index contributed by atoms with van der Waals surface area (Å²) in [7, 11) is 1.66. The van der Waals surface area contributed by atoms with Crippen molar-refractivity contribution in [1.29, 1.82) is 0 Å². The van der Waals surface area contributed by atoms with Gasteiger partial charge in [0.1, 0.15) is 5.75 Å². The monoisotopic (exact) mass is 419 g/mol. The zero-order valence-electron chi connectivity index (χ0n) is 17.4. The zero-order valence-corrected chi connectivity index (χ0v) is 17.4. The number of nitrogens with zero attached hydrogens (tertiary/aromatic N) is 2. The molecule has 0 saturated carbocycles. The third-order valence-electron chi connectivity index (χ3n) is 5.98. The summed E-state index contributed by atoms with van der Waals surface area (Å²) in [6.07, 6.45) is 5.02. The third kappa shape index (κ3) is 3.82. The van der Waals surface area contributed by atoms with Gasteiger partial charge in [-0.15, -0.1) is 0 Å². The lowest BCUT2D eigenvalue weighted by molar-refractivity contribution is -0.0437. The van der Waals surface area contributed by atoms with Crippen LogP contribution >= 0.6 is 0 Å². The molecule has 3 aromatic rings. The van der Waals surface area contributed by atoms with E-state index in [0.717, 1.165) is 47.4 Å². The van der Waals surface area contributed by atoms with E-state index < -0.39 is 6.29 Å². The first kappa shape index (κ1) is 19.8. The lowest BCUT2D eigenvalue weighted by atomic mass is 9.98. The fourth-order valence-corrected chi connectivity index (χ4v) is 4.46. The fraction of sp³-hybridized carbons (Fsp3) is 0.333. The molecule has 1 atom stereocenters. The molecular formula is C24H25N3O4. The van der Waals surface area contributed by atoms with Gasteiger partial charge in [-0.2, -0.15) is 5.10 Å². The summed E-state index contributed by atoms with van der Waals surface area (Å²) in [5.74, 6) is 0.822. The maximum atomic E-state index is 13.5. The first-order valence-electron chi connectivity index (χ1n) is 10.6. The molecule has 5 rings (SSSR count). The molecule has 1 N–H and O–H groups in total. The molecule has 1 aromatic heterocycles. The number of hydrogen-bond acceptors (Lipinski definition) is 5. The molecule has 0 spiro atoms. The van der Waals surface area contributed by atoms with Crippen LogP contribution in [0.25, 0.3) is 11.1 Å². The number of aromatic amines is 1. The summed E-state index contributed by atoms with van der Waals surface area (Å²) in [6.45, 7) is 1.81. The zero-order chi connectivity index (χ0) is 21.2. The highest BCUT2D eigenvalue weighted by atomic mass is 16.7. The Bertz CT molecular complexity index is 1060. The number of carbonyl (C=O) groups is 1. The maximum absolute atomic E-state index is 13.5. The van der Waals surface area contributed by atoms with Gasteiger partial charge in [-0.25, -0.2) is 0 Å². The summed E-state index contributed by atoms with van der Waals surface area (Å²) in [5.41, 5.74) is 4.47. The summed E-state index contributed by atoms with van der Waals surface area (Å²) in [5, 5.41) is 6.90. The van der Waals surface area contributed by atoms with Crippen molar-refractivity contribution in [2.45, 2.75) is 25.2 Å². The number of likely N-dealkylation sites (tertiary alicyclic amines) is 1. The fourth-order valence-electron chi connectivity index (χ4n) is 4.46. The van der Waals surface area contributed by atoms with E-state index in [-0.39, 0.29) is 11.9 Å². The maximum Gasteiger partial charge on any atom is 0.254 e. The van der Waals surface area contributed by atoms with Gasteiger partial charge in [0.2, 0.25) is 0 Å². The van der Waals surface area contributed by atoms with Gasteiger partial charge in [-0.05, 0) is 48.2 Å². The molecule has 0 radical (unpaired) electrons. The largest absolute Gasteiger partial charge is 0.497 e. The summed E-state index contributed by atoms with van der Waals surface area (Å²) in [6, 6.07) is 13.8. The average Bonchev–Trinajstić information content (AvgIpc) is 3.60. The molecular weight excluding hydrogens is 394 g/mol. The highest BCUT2D eigenvalue weighted by Gasteiger charge is 2.32. The number of aromatic nitrogens is 2. The Hall–Kier alpha value is -3.16. The summed E-state index contributed by atoms with van der Waals surface area (Å²) in [4.78, 5) is 15.5. The standard InChI is InChI=1S/C24H25N3O4/c1-29-19-5-2-4-16(12-19)22-6-3-9-27(22)23(28)17-7-8-20(18-14-25-26-15-18)21(13-17)24-30-10-11-31-24/h2,4-5,7-8,12-15,22,24H,3,6,9-11H2,1H3,(H,25,26). The first-order chi connectivity index (χ1) is 15.2. The highest BCUT2D eigenvalue weighted by molar-refractivity contribution is 5.95. The SMILES string of the molecule is COc1cccc(C2CCCN2C(=O)c2ccc(-c3cn[nH]c3)c(C3OCCO3)c2)c1. The van der Waals surface area contributed by atoms with E-state index in [9.17, 15) is 4.79 Å². The Morgan fingerprint density at radius 1 is 1.19 bits per heavy atom. The molecule has 7 nitrogen and oxygen atoms in total. The van der Waals surface area contributed by atoms with Crippen LogP contribution in [0.2, 0.25) is 0 Å². The third-order valence-corrected chi connectivity index (χ3v) is 5.98. The van der Waals surface area contributed by atoms with Crippen molar-refractivity contribution in [3.63, 3.8) is 0 Å². The van der Waals surface area contributed by atoms with E-state index in [1.807, 2.05) is 47.5 Å². The Morgan fingerprint density at radius 3 is 2.84 bits per heavy atom. The molecule has 1 unspecified atom stereocenters. The number of amides is 1. The smallest absolute Gasteiger partial charge is 0.254 e. The number of rotatable bonds is 5. The molecule has 2 aliphatic heterocycles. The van der Waals surface area contributed by atoms with Crippen LogP contribution in [-0.4, -0.2) is 47.9 Å². The van der Waals surface area contributed by atoms with Crippen LogP contribution in [0, 0.1) is 0 Å². The number of hydrogen-bond donors (Lipinski definition) is 1. The van der Waals surface area contributed by atoms with Crippen molar-refractivity contribution in [3.05, 3.63) is 71.5 Å². The number of methoxy groups -OCH3 is 1. The van der Waals surface area contributed by atoms with Crippen LogP contribution in [-0.2, 0) is 9.47 Å². The minimum Gasteiger partial charge on any atom is -0.497 e. The Labute approximate surface area is 180 Å². The van der Waals surface area contributed by atoms with Gasteiger partial charge >= 0.3 is 0 Å². The topological polar surface area (TPSA) is 76.7 Å². The van der Waals surface area contributed by atoms with E-state index in [1.165, 1.54) is 0 Å². The number of ether oxygens (including phenoxy) is 3. The molecule has 1 amide bonds. The van der Waals surface area contributed by atoms with Crippen LogP contribution in [0.4, 0.5) is 0 Å². The van der Waals surface area contributed by atoms with Crippen LogP contribution in [0.1, 0.15) is 46.7 Å². The molecule has 2 aromatic carbocycles. The van der Waals surface area contributed by atoms with Crippen molar-refractivity contribution < 1.29 is 19.0 Å². The summed E-state index contributed by atoms with van der Waals surface area (Å²) >= 11 is 0. The van der Waals surface area contributed by atoms with Crippen molar-refractivity contribution in [3.8, 4) is 16.9 Å². The van der Waals surface area contributed by atoms with E-state index in [4.69, 9.17) is 14.2 Å². The normalized spacial score (nSPS) is 19.1. The average molecular weight is 419 g/mol. The molecule has 2 aliphatic rings. The number of H-pyrrole nitrogens is 1. The lowest BCUT2D eigenvalue weighted by Crippen LogP contribution is -2.30. The molecule has 0 aliphatic carbocycles. The Balaban J connectivity index is 1.47. The molecule has 0 bridgehead atoms. The van der Waals surface area contributed by atoms with Crippen molar-refractivity contribution in [2.75, 3.05) is 26.9 Å². The van der Waals surface area contributed by atoms with Crippen molar-refractivity contribution in [1.82, 2.24) is 15.1 Å². The first-order valence-corrected chi connectivity index (χ1v) is 10.6. The quantitative estimate of drug-likeness (QED) is 0.674. The van der Waals surface area contributed by atoms with E-state index >= 15 is 0 Å². The predicted octanol–water partition coefficient (Wildman–Crippen LogP) is 4.11. The van der Waals surface area contributed by atoms with Crippen LogP contribution in [0.5, 0.6) is 5.75 Å². The van der Waals surface area contributed by atoms with Gasteiger partial charge in [-0.1, -0.05) is 18.2 Å². The van der Waals surface area contributed by atoms with E-state index in [1.54, 1.807) is 13.3 Å². The molecule has 3 heterocycles.